The summed E-state index contributed by atoms with van der Waals surface area (Å²) in [5.41, 5.74) is 1.20. The van der Waals surface area contributed by atoms with Crippen molar-refractivity contribution in [3.63, 3.8) is 0 Å². The third-order valence-electron chi connectivity index (χ3n) is 3.04. The molecule has 1 unspecified atom stereocenters. The molecule has 1 aromatic rings. The van der Waals surface area contributed by atoms with E-state index in [1.54, 1.807) is 18.2 Å². The van der Waals surface area contributed by atoms with Crippen molar-refractivity contribution in [2.75, 3.05) is 0 Å². The second kappa shape index (κ2) is 3.61. The van der Waals surface area contributed by atoms with E-state index in [0.29, 0.717) is 17.5 Å². The highest BCUT2D eigenvalue weighted by atomic mass is 16.1. The Balaban J connectivity index is 2.49. The van der Waals surface area contributed by atoms with Crippen molar-refractivity contribution in [2.24, 2.45) is 11.8 Å². The van der Waals surface area contributed by atoms with Crippen LogP contribution in [0, 0.1) is 11.8 Å². The maximum atomic E-state index is 12.1. The molecule has 0 aliphatic heterocycles. The van der Waals surface area contributed by atoms with Gasteiger partial charge in [0.2, 0.25) is 0 Å². The number of carbonyl (C=O) groups excluding carboxylic acids is 2. The van der Waals surface area contributed by atoms with Gasteiger partial charge >= 0.3 is 0 Å². The summed E-state index contributed by atoms with van der Waals surface area (Å²) in [7, 11) is 0. The number of carbonyl (C=O) groups is 2. The molecule has 0 bridgehead atoms. The lowest BCUT2D eigenvalue weighted by molar-refractivity contribution is 0.0787. The number of hydrogen-bond acceptors (Lipinski definition) is 2. The minimum absolute atomic E-state index is 0.101. The zero-order chi connectivity index (χ0) is 11.0. The molecule has 78 valence electrons. The van der Waals surface area contributed by atoms with E-state index in [1.165, 1.54) is 0 Å². The molecule has 1 aliphatic carbocycles. The highest BCUT2D eigenvalue weighted by Gasteiger charge is 2.33. The summed E-state index contributed by atoms with van der Waals surface area (Å²) in [6.45, 7) is 3.98. The minimum atomic E-state index is -0.132. The minimum Gasteiger partial charge on any atom is -0.294 e. The Bertz CT molecular complexity index is 418. The Hall–Kier alpha value is -1.44. The van der Waals surface area contributed by atoms with Gasteiger partial charge in [0.15, 0.2) is 11.6 Å². The van der Waals surface area contributed by atoms with Crippen molar-refractivity contribution in [3.8, 4) is 0 Å². The van der Waals surface area contributed by atoms with Gasteiger partial charge in [-0.1, -0.05) is 38.1 Å². The van der Waals surface area contributed by atoms with Crippen LogP contribution >= 0.6 is 0 Å². The lowest BCUT2D eigenvalue weighted by Gasteiger charge is -2.24. The SMILES string of the molecule is CC(C)C1CC(=O)c2ccccc2C1=O. The number of Topliss-reactive ketones (excluding diaryl/α,β-unsaturated/α-hetero) is 2. The standard InChI is InChI=1S/C13H14O2/c1-8(2)11-7-12(14)9-5-3-4-6-10(9)13(11)15/h3-6,8,11H,7H2,1-2H3. The number of benzene rings is 1. The molecule has 15 heavy (non-hydrogen) atoms. The van der Waals surface area contributed by atoms with Crippen LogP contribution < -0.4 is 0 Å². The zero-order valence-electron chi connectivity index (χ0n) is 8.99. The fraction of sp³-hybridized carbons (Fsp3) is 0.385. The first-order valence-corrected chi connectivity index (χ1v) is 5.27. The van der Waals surface area contributed by atoms with Gasteiger partial charge in [-0.15, -0.1) is 0 Å². The van der Waals surface area contributed by atoms with Gasteiger partial charge in [0.1, 0.15) is 0 Å². The van der Waals surface area contributed by atoms with Gasteiger partial charge in [0.05, 0.1) is 0 Å². The van der Waals surface area contributed by atoms with Crippen molar-refractivity contribution >= 4 is 11.6 Å². The van der Waals surface area contributed by atoms with E-state index in [4.69, 9.17) is 0 Å². The molecule has 0 fully saturated rings. The van der Waals surface area contributed by atoms with Gasteiger partial charge < -0.3 is 0 Å². The van der Waals surface area contributed by atoms with Crippen molar-refractivity contribution in [1.82, 2.24) is 0 Å². The number of ketones is 2. The molecule has 0 aromatic heterocycles. The van der Waals surface area contributed by atoms with Crippen molar-refractivity contribution in [2.45, 2.75) is 20.3 Å². The largest absolute Gasteiger partial charge is 0.294 e. The second-order valence-corrected chi connectivity index (χ2v) is 4.39. The van der Waals surface area contributed by atoms with Crippen molar-refractivity contribution in [3.05, 3.63) is 35.4 Å². The maximum Gasteiger partial charge on any atom is 0.167 e. The van der Waals surface area contributed by atoms with Gasteiger partial charge in [-0.25, -0.2) is 0 Å². The molecule has 0 saturated carbocycles. The summed E-state index contributed by atoms with van der Waals surface area (Å²) < 4.78 is 0. The van der Waals surface area contributed by atoms with Crippen molar-refractivity contribution < 1.29 is 9.59 Å². The Kier molecular flexibility index (Phi) is 2.43. The maximum absolute atomic E-state index is 12.1. The van der Waals surface area contributed by atoms with Crippen LogP contribution in [-0.2, 0) is 0 Å². The molecule has 0 N–H and O–H groups in total. The van der Waals surface area contributed by atoms with Gasteiger partial charge in [0, 0.05) is 23.5 Å². The Morgan fingerprint density at radius 1 is 1.13 bits per heavy atom. The molecule has 2 rings (SSSR count). The predicted molar refractivity (Wildman–Crippen MR) is 58.0 cm³/mol. The van der Waals surface area contributed by atoms with Gasteiger partial charge in [-0.2, -0.15) is 0 Å². The highest BCUT2D eigenvalue weighted by Crippen LogP contribution is 2.29. The zero-order valence-corrected chi connectivity index (χ0v) is 8.99. The van der Waals surface area contributed by atoms with Crippen LogP contribution in [0.15, 0.2) is 24.3 Å². The Labute approximate surface area is 89.3 Å². The molecule has 2 heteroatoms. The molecule has 0 amide bonds. The summed E-state index contributed by atoms with van der Waals surface area (Å²) in [6.07, 6.45) is 0.369. The summed E-state index contributed by atoms with van der Waals surface area (Å²) in [5.74, 6) is 0.325. The topological polar surface area (TPSA) is 34.1 Å². The first kappa shape index (κ1) is 10.1. The average molecular weight is 202 g/mol. The molecule has 0 radical (unpaired) electrons. The summed E-state index contributed by atoms with van der Waals surface area (Å²) >= 11 is 0. The van der Waals surface area contributed by atoms with Crippen LogP contribution in [0.2, 0.25) is 0 Å². The van der Waals surface area contributed by atoms with Crippen LogP contribution in [0.4, 0.5) is 0 Å². The van der Waals surface area contributed by atoms with Crippen LogP contribution in [0.25, 0.3) is 0 Å². The third kappa shape index (κ3) is 1.60. The van der Waals surface area contributed by atoms with E-state index in [1.807, 2.05) is 19.9 Å². The predicted octanol–water partition coefficient (Wildman–Crippen LogP) is 2.73. The normalized spacial score (nSPS) is 20.6. The molecule has 1 aromatic carbocycles. The summed E-state index contributed by atoms with van der Waals surface area (Å²) in [5, 5.41) is 0. The van der Waals surface area contributed by atoms with Crippen LogP contribution in [0.3, 0.4) is 0 Å². The van der Waals surface area contributed by atoms with Gasteiger partial charge in [-0.3, -0.25) is 9.59 Å². The van der Waals surface area contributed by atoms with E-state index < -0.39 is 0 Å². The average Bonchev–Trinajstić information content (AvgIpc) is 2.23. The van der Waals surface area contributed by atoms with Crippen molar-refractivity contribution in [1.29, 1.82) is 0 Å². The first-order chi connectivity index (χ1) is 7.11. The smallest absolute Gasteiger partial charge is 0.167 e. The number of fused-ring (bicyclic) bond motifs is 1. The molecule has 1 atom stereocenters. The highest BCUT2D eigenvalue weighted by molar-refractivity contribution is 6.14. The monoisotopic (exact) mass is 202 g/mol. The Morgan fingerprint density at radius 3 is 2.33 bits per heavy atom. The molecule has 0 saturated heterocycles. The molecule has 1 aliphatic rings. The van der Waals surface area contributed by atoms with Gasteiger partial charge in [0.25, 0.3) is 0 Å². The van der Waals surface area contributed by atoms with Crippen LogP contribution in [-0.4, -0.2) is 11.6 Å². The molecular formula is C13H14O2. The molecule has 0 spiro atoms. The van der Waals surface area contributed by atoms with E-state index in [-0.39, 0.29) is 23.4 Å². The fourth-order valence-electron chi connectivity index (χ4n) is 2.08. The fourth-order valence-corrected chi connectivity index (χ4v) is 2.08. The molecular weight excluding hydrogens is 188 g/mol. The third-order valence-corrected chi connectivity index (χ3v) is 3.04. The molecule has 2 nitrogen and oxygen atoms in total. The first-order valence-electron chi connectivity index (χ1n) is 5.27. The summed E-state index contributed by atoms with van der Waals surface area (Å²) in [6, 6.07) is 7.11. The number of rotatable bonds is 1. The second-order valence-electron chi connectivity index (χ2n) is 4.39. The van der Waals surface area contributed by atoms with Crippen LogP contribution in [0.5, 0.6) is 0 Å². The van der Waals surface area contributed by atoms with E-state index in [9.17, 15) is 9.59 Å². The van der Waals surface area contributed by atoms with Gasteiger partial charge in [-0.05, 0) is 5.92 Å². The van der Waals surface area contributed by atoms with E-state index >= 15 is 0 Å². The lowest BCUT2D eigenvalue weighted by atomic mass is 9.77. The van der Waals surface area contributed by atoms with E-state index in [0.717, 1.165) is 0 Å². The van der Waals surface area contributed by atoms with Crippen LogP contribution in [0.1, 0.15) is 41.0 Å². The Morgan fingerprint density at radius 2 is 1.73 bits per heavy atom. The summed E-state index contributed by atoms with van der Waals surface area (Å²) in [4.78, 5) is 23.8. The lowest BCUT2D eigenvalue weighted by Crippen LogP contribution is -2.30. The van der Waals surface area contributed by atoms with E-state index in [2.05, 4.69) is 0 Å². The quantitative estimate of drug-likeness (QED) is 0.701. The molecule has 0 heterocycles. The number of hydrogen-bond donors (Lipinski definition) is 0.